The highest BCUT2D eigenvalue weighted by Crippen LogP contribution is 2.42. The second kappa shape index (κ2) is 8.57. The first-order chi connectivity index (χ1) is 14.4. The van der Waals surface area contributed by atoms with Crippen molar-refractivity contribution in [3.63, 3.8) is 0 Å². The third-order valence-electron chi connectivity index (χ3n) is 6.12. The van der Waals surface area contributed by atoms with E-state index >= 15 is 0 Å². The van der Waals surface area contributed by atoms with Crippen molar-refractivity contribution in [2.45, 2.75) is 40.0 Å². The van der Waals surface area contributed by atoms with Gasteiger partial charge >= 0.3 is 5.97 Å². The van der Waals surface area contributed by atoms with Crippen LogP contribution in [0.25, 0.3) is 5.57 Å². The molecule has 1 saturated heterocycles. The number of hydrogen-bond acceptors (Lipinski definition) is 4. The number of esters is 1. The maximum atomic E-state index is 13.5. The first-order valence-corrected chi connectivity index (χ1v) is 10.6. The second-order valence-electron chi connectivity index (χ2n) is 8.56. The molecule has 4 rings (SSSR count). The molecule has 2 unspecified atom stereocenters. The van der Waals surface area contributed by atoms with Gasteiger partial charge in [-0.25, -0.2) is 4.79 Å². The van der Waals surface area contributed by atoms with Crippen molar-refractivity contribution in [1.82, 2.24) is 0 Å². The molecule has 156 valence electrons. The Bertz CT molecular complexity index is 974. The molecule has 2 aliphatic rings. The maximum absolute atomic E-state index is 13.5. The SMILES string of the molecule is Cc1cc(C)c(C2=C(OC(=O)c3ccccc3)CC(CC3CCOC3)C2=O)c(C)c1. The number of Topliss-reactive ketones (excluding diaryl/α,β-unsaturated/α-hetero) is 1. The summed E-state index contributed by atoms with van der Waals surface area (Å²) in [5.41, 5.74) is 5.21. The van der Waals surface area contributed by atoms with Crippen LogP contribution < -0.4 is 0 Å². The summed E-state index contributed by atoms with van der Waals surface area (Å²) in [4.78, 5) is 26.3. The molecule has 0 N–H and O–H groups in total. The molecule has 1 heterocycles. The molecule has 1 aliphatic carbocycles. The van der Waals surface area contributed by atoms with Gasteiger partial charge < -0.3 is 9.47 Å². The van der Waals surface area contributed by atoms with Crippen LogP contribution in [0.2, 0.25) is 0 Å². The van der Waals surface area contributed by atoms with Crippen molar-refractivity contribution in [3.05, 3.63) is 76.0 Å². The Labute approximate surface area is 177 Å². The smallest absolute Gasteiger partial charge is 0.343 e. The van der Waals surface area contributed by atoms with Crippen LogP contribution in [0.15, 0.2) is 48.2 Å². The van der Waals surface area contributed by atoms with E-state index in [1.165, 1.54) is 0 Å². The number of ether oxygens (including phenoxy) is 2. The highest BCUT2D eigenvalue weighted by molar-refractivity contribution is 6.25. The standard InChI is InChI=1S/C26H28O4/c1-16-11-17(2)23(18(3)12-16)24-22(30-26(28)20-7-5-4-6-8-20)14-21(25(24)27)13-19-9-10-29-15-19/h4-8,11-12,19,21H,9-10,13-15H2,1-3H3. The molecule has 2 aromatic rings. The molecule has 0 saturated carbocycles. The number of carbonyl (C=O) groups is 2. The Kier molecular flexibility index (Phi) is 5.87. The van der Waals surface area contributed by atoms with E-state index < -0.39 is 5.97 Å². The summed E-state index contributed by atoms with van der Waals surface area (Å²) >= 11 is 0. The summed E-state index contributed by atoms with van der Waals surface area (Å²) in [7, 11) is 0. The van der Waals surface area contributed by atoms with Crippen LogP contribution in [0, 0.1) is 32.6 Å². The van der Waals surface area contributed by atoms with E-state index in [4.69, 9.17) is 9.47 Å². The lowest BCUT2D eigenvalue weighted by molar-refractivity contribution is -0.117. The van der Waals surface area contributed by atoms with Crippen molar-refractivity contribution < 1.29 is 19.1 Å². The Morgan fingerprint density at radius 1 is 1.10 bits per heavy atom. The molecule has 0 bridgehead atoms. The van der Waals surface area contributed by atoms with Gasteiger partial charge in [-0.15, -0.1) is 0 Å². The molecule has 0 radical (unpaired) electrons. The van der Waals surface area contributed by atoms with Crippen LogP contribution in [0.5, 0.6) is 0 Å². The highest BCUT2D eigenvalue weighted by Gasteiger charge is 2.39. The highest BCUT2D eigenvalue weighted by atomic mass is 16.5. The van der Waals surface area contributed by atoms with E-state index in [0.29, 0.717) is 35.8 Å². The molecule has 0 aromatic heterocycles. The third-order valence-corrected chi connectivity index (χ3v) is 6.12. The number of benzene rings is 2. The zero-order valence-electron chi connectivity index (χ0n) is 17.9. The van der Waals surface area contributed by atoms with Crippen molar-refractivity contribution in [2.75, 3.05) is 13.2 Å². The minimum absolute atomic E-state index is 0.0906. The number of ketones is 1. The Morgan fingerprint density at radius 2 is 1.80 bits per heavy atom. The summed E-state index contributed by atoms with van der Waals surface area (Å²) < 4.78 is 11.4. The zero-order chi connectivity index (χ0) is 21.3. The van der Waals surface area contributed by atoms with Gasteiger partial charge in [0.15, 0.2) is 5.78 Å². The van der Waals surface area contributed by atoms with E-state index in [-0.39, 0.29) is 11.7 Å². The summed E-state index contributed by atoms with van der Waals surface area (Å²) in [6.07, 6.45) is 2.23. The van der Waals surface area contributed by atoms with Crippen LogP contribution in [0.1, 0.15) is 51.9 Å². The Morgan fingerprint density at radius 3 is 2.43 bits per heavy atom. The lowest BCUT2D eigenvalue weighted by atomic mass is 9.87. The minimum Gasteiger partial charge on any atom is -0.427 e. The van der Waals surface area contributed by atoms with Crippen molar-refractivity contribution in [1.29, 1.82) is 0 Å². The lowest BCUT2D eigenvalue weighted by Gasteiger charge is -2.15. The van der Waals surface area contributed by atoms with E-state index in [2.05, 4.69) is 12.1 Å². The topological polar surface area (TPSA) is 52.6 Å². The molecule has 1 fully saturated rings. The molecule has 1 aliphatic heterocycles. The van der Waals surface area contributed by atoms with Crippen LogP contribution in [-0.2, 0) is 14.3 Å². The summed E-state index contributed by atoms with van der Waals surface area (Å²) in [6, 6.07) is 13.1. The van der Waals surface area contributed by atoms with Gasteiger partial charge in [0.1, 0.15) is 5.76 Å². The number of carbonyl (C=O) groups excluding carboxylic acids is 2. The summed E-state index contributed by atoms with van der Waals surface area (Å²) in [5, 5.41) is 0. The average Bonchev–Trinajstić information content (AvgIpc) is 3.32. The maximum Gasteiger partial charge on any atom is 0.343 e. The number of hydrogen-bond donors (Lipinski definition) is 0. The van der Waals surface area contributed by atoms with Crippen LogP contribution in [-0.4, -0.2) is 25.0 Å². The molecule has 0 spiro atoms. The normalized spacial score (nSPS) is 21.4. The van der Waals surface area contributed by atoms with Gasteiger partial charge in [-0.2, -0.15) is 0 Å². The van der Waals surface area contributed by atoms with Gasteiger partial charge in [0.05, 0.1) is 11.1 Å². The van der Waals surface area contributed by atoms with E-state index in [9.17, 15) is 9.59 Å². The average molecular weight is 405 g/mol. The molecule has 4 nitrogen and oxygen atoms in total. The fraction of sp³-hybridized carbons (Fsp3) is 0.385. The van der Waals surface area contributed by atoms with Gasteiger partial charge in [0, 0.05) is 25.6 Å². The van der Waals surface area contributed by atoms with E-state index in [1.807, 2.05) is 39.0 Å². The largest absolute Gasteiger partial charge is 0.427 e. The molecular weight excluding hydrogens is 376 g/mol. The summed E-state index contributed by atoms with van der Waals surface area (Å²) in [5.74, 6) is 0.416. The monoisotopic (exact) mass is 404 g/mol. The number of aryl methyl sites for hydroxylation is 3. The van der Waals surface area contributed by atoms with Crippen molar-refractivity contribution in [3.8, 4) is 0 Å². The van der Waals surface area contributed by atoms with Crippen LogP contribution in [0.4, 0.5) is 0 Å². The third kappa shape index (κ3) is 4.10. The number of allylic oxidation sites excluding steroid dienone is 2. The molecule has 4 heteroatoms. The molecule has 2 atom stereocenters. The summed E-state index contributed by atoms with van der Waals surface area (Å²) in [6.45, 7) is 7.56. The fourth-order valence-corrected chi connectivity index (χ4v) is 4.80. The second-order valence-corrected chi connectivity index (χ2v) is 8.56. The molecule has 0 amide bonds. The first-order valence-electron chi connectivity index (χ1n) is 10.6. The molecular formula is C26H28O4. The first kappa shape index (κ1) is 20.5. The zero-order valence-corrected chi connectivity index (χ0v) is 17.9. The molecule has 2 aromatic carbocycles. The van der Waals surface area contributed by atoms with Gasteiger partial charge in [0.2, 0.25) is 0 Å². The predicted molar refractivity (Wildman–Crippen MR) is 116 cm³/mol. The van der Waals surface area contributed by atoms with E-state index in [0.717, 1.165) is 41.7 Å². The number of rotatable bonds is 5. The van der Waals surface area contributed by atoms with E-state index in [1.54, 1.807) is 12.1 Å². The van der Waals surface area contributed by atoms with Gasteiger partial charge in [-0.1, -0.05) is 35.9 Å². The van der Waals surface area contributed by atoms with Gasteiger partial charge in [-0.3, -0.25) is 4.79 Å². The van der Waals surface area contributed by atoms with Crippen LogP contribution >= 0.6 is 0 Å². The Balaban J connectivity index is 1.70. The quantitative estimate of drug-likeness (QED) is 0.643. The van der Waals surface area contributed by atoms with Gasteiger partial charge in [-0.05, 0) is 68.4 Å². The van der Waals surface area contributed by atoms with Crippen LogP contribution in [0.3, 0.4) is 0 Å². The lowest BCUT2D eigenvalue weighted by Crippen LogP contribution is -2.15. The minimum atomic E-state index is -0.414. The Hall–Kier alpha value is -2.72. The van der Waals surface area contributed by atoms with Gasteiger partial charge in [0.25, 0.3) is 0 Å². The fourth-order valence-electron chi connectivity index (χ4n) is 4.80. The predicted octanol–water partition coefficient (Wildman–Crippen LogP) is 5.20. The van der Waals surface area contributed by atoms with Crippen molar-refractivity contribution >= 4 is 17.3 Å². The van der Waals surface area contributed by atoms with Crippen molar-refractivity contribution in [2.24, 2.45) is 11.8 Å². The molecule has 30 heavy (non-hydrogen) atoms.